The van der Waals surface area contributed by atoms with Crippen LogP contribution in [0, 0.1) is 5.41 Å². The molecule has 3 aromatic carbocycles. The summed E-state index contributed by atoms with van der Waals surface area (Å²) in [7, 11) is 0. The van der Waals surface area contributed by atoms with E-state index in [1.807, 2.05) is 0 Å². The van der Waals surface area contributed by atoms with Gasteiger partial charge in [-0.3, -0.25) is 0 Å². The molecule has 5 aromatic rings. The van der Waals surface area contributed by atoms with Crippen LogP contribution in [0.15, 0.2) is 67.0 Å². The summed E-state index contributed by atoms with van der Waals surface area (Å²) in [5, 5.41) is 3.80. The van der Waals surface area contributed by atoms with Crippen LogP contribution in [0.5, 0.6) is 0 Å². The molecule has 0 N–H and O–H groups in total. The van der Waals surface area contributed by atoms with Crippen LogP contribution in [-0.2, 0) is 6.42 Å². The van der Waals surface area contributed by atoms with E-state index in [4.69, 9.17) is 4.98 Å². The fraction of sp³-hybridized carbons (Fsp3) is 0.200. The molecule has 0 aliphatic rings. The number of aromatic nitrogens is 2. The van der Waals surface area contributed by atoms with E-state index in [2.05, 4.69) is 86.4 Å². The van der Waals surface area contributed by atoms with Gasteiger partial charge >= 0.3 is 171 Å². The third-order valence-electron chi connectivity index (χ3n) is 5.07. The van der Waals surface area contributed by atoms with Crippen LogP contribution in [0.3, 0.4) is 0 Å². The molecule has 0 saturated heterocycles. The summed E-state index contributed by atoms with van der Waals surface area (Å²) in [6, 6.07) is 22.1. The Bertz CT molecular complexity index is 1330. The van der Waals surface area contributed by atoms with Gasteiger partial charge in [0.25, 0.3) is 0 Å². The second kappa shape index (κ2) is 6.55. The third-order valence-corrected chi connectivity index (χ3v) is 7.48. The summed E-state index contributed by atoms with van der Waals surface area (Å²) in [4.78, 5) is 9.35. The van der Waals surface area contributed by atoms with Gasteiger partial charge in [0.05, 0.1) is 0 Å². The van der Waals surface area contributed by atoms with Gasteiger partial charge in [0.2, 0.25) is 0 Å². The summed E-state index contributed by atoms with van der Waals surface area (Å²) in [6.07, 6.45) is 2.81. The monoisotopic (exact) mass is 430 g/mol. The van der Waals surface area contributed by atoms with Crippen molar-refractivity contribution in [3.8, 4) is 11.3 Å². The molecule has 5 rings (SSSR count). The van der Waals surface area contributed by atoms with Gasteiger partial charge in [-0.1, -0.05) is 0 Å². The maximum atomic E-state index is 4.70. The van der Waals surface area contributed by atoms with Crippen molar-refractivity contribution in [3.05, 3.63) is 72.6 Å². The molecule has 28 heavy (non-hydrogen) atoms. The number of hydrogen-bond acceptors (Lipinski definition) is 2. The van der Waals surface area contributed by atoms with Crippen molar-refractivity contribution in [1.29, 1.82) is 0 Å². The average Bonchev–Trinajstić information content (AvgIpc) is 3.04. The van der Waals surface area contributed by atoms with Crippen molar-refractivity contribution in [2.45, 2.75) is 27.2 Å². The number of fused-ring (bicyclic) bond motifs is 4. The first kappa shape index (κ1) is 17.6. The van der Waals surface area contributed by atoms with Gasteiger partial charge in [-0.15, -0.1) is 0 Å². The molecule has 138 valence electrons. The first-order chi connectivity index (χ1) is 13.5. The number of hydrogen-bond donors (Lipinski definition) is 0. The van der Waals surface area contributed by atoms with Gasteiger partial charge in [-0.25, -0.2) is 0 Å². The molecule has 0 amide bonds. The van der Waals surface area contributed by atoms with Crippen LogP contribution in [0.2, 0.25) is 0 Å². The quantitative estimate of drug-likeness (QED) is 0.310. The van der Waals surface area contributed by atoms with Crippen molar-refractivity contribution < 1.29 is 0 Å². The molecule has 0 aliphatic carbocycles. The van der Waals surface area contributed by atoms with Crippen molar-refractivity contribution >= 4 is 44.7 Å². The van der Waals surface area contributed by atoms with Gasteiger partial charge in [0.15, 0.2) is 0 Å². The average molecular weight is 429 g/mol. The van der Waals surface area contributed by atoms with Crippen LogP contribution in [-0.4, -0.2) is 24.5 Å². The maximum absolute atomic E-state index is 4.70. The molecule has 0 saturated carbocycles. The number of rotatable bonds is 2. The van der Waals surface area contributed by atoms with Gasteiger partial charge in [0.1, 0.15) is 0 Å². The van der Waals surface area contributed by atoms with Gasteiger partial charge in [0, 0.05) is 0 Å². The SMILES string of the molecule is CC(C)(C)Cc1ccc2c(c1)[se]c1c(-c3ccc4ccccc4c3)ncnc12. The first-order valence-electron chi connectivity index (χ1n) is 9.63. The molecular formula is C25H22N2Se. The summed E-state index contributed by atoms with van der Waals surface area (Å²) in [6.45, 7) is 6.89. The van der Waals surface area contributed by atoms with Crippen molar-refractivity contribution in [2.75, 3.05) is 0 Å². The van der Waals surface area contributed by atoms with Crippen LogP contribution >= 0.6 is 0 Å². The molecule has 2 heterocycles. The Morgan fingerprint density at radius 2 is 1.68 bits per heavy atom. The molecule has 0 aliphatic heterocycles. The van der Waals surface area contributed by atoms with Crippen LogP contribution in [0.1, 0.15) is 26.3 Å². The Kier molecular flexibility index (Phi) is 4.12. The van der Waals surface area contributed by atoms with Crippen molar-refractivity contribution in [1.82, 2.24) is 9.97 Å². The second-order valence-corrected chi connectivity index (χ2v) is 10.8. The van der Waals surface area contributed by atoms with Crippen LogP contribution < -0.4 is 0 Å². The normalized spacial score (nSPS) is 12.2. The van der Waals surface area contributed by atoms with E-state index in [1.165, 1.54) is 35.8 Å². The zero-order chi connectivity index (χ0) is 19.3. The fourth-order valence-corrected chi connectivity index (χ4v) is 6.47. The molecule has 0 bridgehead atoms. The van der Waals surface area contributed by atoms with Gasteiger partial charge < -0.3 is 0 Å². The van der Waals surface area contributed by atoms with E-state index in [9.17, 15) is 0 Å². The van der Waals surface area contributed by atoms with Crippen molar-refractivity contribution in [3.63, 3.8) is 0 Å². The first-order valence-corrected chi connectivity index (χ1v) is 11.3. The second-order valence-electron chi connectivity index (χ2n) is 8.63. The zero-order valence-electron chi connectivity index (χ0n) is 16.4. The Morgan fingerprint density at radius 3 is 2.50 bits per heavy atom. The van der Waals surface area contributed by atoms with E-state index < -0.39 is 0 Å². The number of nitrogens with zero attached hydrogens (tertiary/aromatic N) is 2. The van der Waals surface area contributed by atoms with E-state index in [-0.39, 0.29) is 14.5 Å². The molecule has 3 heteroatoms. The minimum atomic E-state index is 0.237. The summed E-state index contributed by atoms with van der Waals surface area (Å²) in [5.41, 5.74) is 5.10. The summed E-state index contributed by atoms with van der Waals surface area (Å²) in [5.74, 6) is 0. The molecule has 2 aromatic heterocycles. The van der Waals surface area contributed by atoms with E-state index >= 15 is 0 Å². The molecule has 0 spiro atoms. The van der Waals surface area contributed by atoms with Crippen LogP contribution in [0.4, 0.5) is 0 Å². The standard InChI is InChI=1S/C25H22N2Se/c1-25(2,3)14-16-8-11-20-21(12-16)28-24-22(26-15-27-23(20)24)19-10-9-17-6-4-5-7-18(17)13-19/h4-13,15H,14H2,1-3H3. The Morgan fingerprint density at radius 1 is 0.857 bits per heavy atom. The number of benzene rings is 3. The minimum absolute atomic E-state index is 0.237. The van der Waals surface area contributed by atoms with Crippen LogP contribution in [0.25, 0.3) is 41.5 Å². The molecular weight excluding hydrogens is 407 g/mol. The molecule has 0 fully saturated rings. The summed E-state index contributed by atoms with van der Waals surface area (Å²) >= 11 is 0.237. The fourth-order valence-electron chi connectivity index (χ4n) is 3.88. The third kappa shape index (κ3) is 3.15. The Labute approximate surface area is 171 Å². The molecule has 2 nitrogen and oxygen atoms in total. The summed E-state index contributed by atoms with van der Waals surface area (Å²) < 4.78 is 2.75. The van der Waals surface area contributed by atoms with E-state index in [0.29, 0.717) is 5.41 Å². The predicted molar refractivity (Wildman–Crippen MR) is 120 cm³/mol. The van der Waals surface area contributed by atoms with E-state index in [0.717, 1.165) is 17.6 Å². The molecule has 0 unspecified atom stereocenters. The Hall–Kier alpha value is -2.48. The van der Waals surface area contributed by atoms with Gasteiger partial charge in [-0.2, -0.15) is 0 Å². The van der Waals surface area contributed by atoms with E-state index in [1.54, 1.807) is 6.33 Å². The van der Waals surface area contributed by atoms with Crippen molar-refractivity contribution in [2.24, 2.45) is 5.41 Å². The topological polar surface area (TPSA) is 25.8 Å². The Balaban J connectivity index is 1.69. The van der Waals surface area contributed by atoms with Gasteiger partial charge in [-0.05, 0) is 0 Å². The zero-order valence-corrected chi connectivity index (χ0v) is 18.1. The molecule has 0 radical (unpaired) electrons. The predicted octanol–water partition coefficient (Wildman–Crippen LogP) is 6.25. The molecule has 0 atom stereocenters.